The third kappa shape index (κ3) is 11.3. The molecule has 6 atom stereocenters. The van der Waals surface area contributed by atoms with Gasteiger partial charge in [-0.3, -0.25) is 24.2 Å². The topological polar surface area (TPSA) is 100 Å². The minimum Gasteiger partial charge on any atom is -0.379 e. The highest BCUT2D eigenvalue weighted by molar-refractivity contribution is 6.22. The zero-order chi connectivity index (χ0) is 52.7. The number of benzene rings is 4. The first-order valence-corrected chi connectivity index (χ1v) is 28.9. The van der Waals surface area contributed by atoms with Crippen LogP contribution in [-0.4, -0.2) is 119 Å². The van der Waals surface area contributed by atoms with E-state index in [0.29, 0.717) is 61.5 Å². The van der Waals surface area contributed by atoms with Crippen molar-refractivity contribution in [2.75, 3.05) is 91.9 Å². The standard InChI is InChI=1S/C67H82N4O5/c1-47-17-11-25-55(49(47)3)57-41-61(53-23-13-29-68-45-53)66(27-15-31-70-33-37-75-38-34-70,43-59(57)63(72)51-19-7-5-8-20-51)65(74)67(28-16-32-71-35-39-76-40-36-71)44-60(64(73)52-21-9-6-10-22-52)58(56-26-12-18-48(2)50(56)4)42-62(67)54-24-14-30-69-46-54/h5-12,17-22,25-26,41-44,53-54,61-62,68-69H,13-16,23-24,27-40,45-46H2,1-4H3. The maximum atomic E-state index is 18.3. The van der Waals surface area contributed by atoms with Crippen molar-refractivity contribution in [2.45, 2.75) is 79.1 Å². The molecule has 0 spiro atoms. The molecule has 0 amide bonds. The number of Topliss-reactive ketones (excluding diaryl/α,β-unsaturated/α-hetero) is 3. The molecule has 10 rings (SSSR count). The summed E-state index contributed by atoms with van der Waals surface area (Å²) in [7, 11) is 0. The number of nitrogens with one attached hydrogen (secondary N) is 2. The van der Waals surface area contributed by atoms with E-state index < -0.39 is 10.8 Å². The molecule has 0 bridgehead atoms. The number of nitrogens with zero attached hydrogens (tertiary/aromatic N) is 2. The molecule has 4 aromatic rings. The lowest BCUT2D eigenvalue weighted by atomic mass is 9.49. The van der Waals surface area contributed by atoms with Crippen LogP contribution in [0.4, 0.5) is 0 Å². The number of morpholine rings is 2. The maximum Gasteiger partial charge on any atom is 0.193 e. The third-order valence-corrected chi connectivity index (χ3v) is 18.5. The lowest BCUT2D eigenvalue weighted by Gasteiger charge is -2.53. The summed E-state index contributed by atoms with van der Waals surface area (Å²) in [5.74, 6) is -0.221. The first-order valence-electron chi connectivity index (χ1n) is 28.9. The number of allylic oxidation sites excluding steroid dienone is 8. The SMILES string of the molecule is Cc1cccc(C2=CC(C3CCCNC3)C(CCCN3CCOCC3)(C(=O)C3(CCCN4CCOCC4)C=C(C(=O)c4ccccc4)C(c4cccc(C)c4C)=CC3C3CCCNC3)C=C2C(=O)c2ccccc2)c1C. The van der Waals surface area contributed by atoms with Crippen molar-refractivity contribution in [2.24, 2.45) is 34.5 Å². The number of aryl methyl sites for hydroxylation is 2. The highest BCUT2D eigenvalue weighted by Gasteiger charge is 2.59. The highest BCUT2D eigenvalue weighted by atomic mass is 16.5. The molecule has 6 unspecified atom stereocenters. The van der Waals surface area contributed by atoms with Crippen LogP contribution in [0.15, 0.2) is 133 Å². The first kappa shape index (κ1) is 54.0. The molecule has 0 aromatic heterocycles. The summed E-state index contributed by atoms with van der Waals surface area (Å²) in [4.78, 5) is 54.9. The van der Waals surface area contributed by atoms with Gasteiger partial charge >= 0.3 is 0 Å². The number of rotatable bonds is 18. The van der Waals surface area contributed by atoms with Crippen LogP contribution in [0.5, 0.6) is 0 Å². The van der Waals surface area contributed by atoms with Crippen molar-refractivity contribution in [1.29, 1.82) is 0 Å². The van der Waals surface area contributed by atoms with Gasteiger partial charge in [-0.25, -0.2) is 0 Å². The largest absolute Gasteiger partial charge is 0.379 e. The van der Waals surface area contributed by atoms with Crippen molar-refractivity contribution in [3.63, 3.8) is 0 Å². The molecule has 2 N–H and O–H groups in total. The fourth-order valence-electron chi connectivity index (χ4n) is 14.0. The van der Waals surface area contributed by atoms with Crippen LogP contribution < -0.4 is 10.6 Å². The van der Waals surface area contributed by atoms with Gasteiger partial charge < -0.3 is 20.1 Å². The fraction of sp³-hybridized carbons (Fsp3) is 0.478. The van der Waals surface area contributed by atoms with E-state index in [1.54, 1.807) is 0 Å². The van der Waals surface area contributed by atoms with E-state index in [4.69, 9.17) is 9.47 Å². The number of piperidine rings is 2. The summed E-state index contributed by atoms with van der Waals surface area (Å²) in [6.45, 7) is 19.9. The van der Waals surface area contributed by atoms with Gasteiger partial charge in [-0.2, -0.15) is 0 Å². The Labute approximate surface area is 453 Å². The Morgan fingerprint density at radius 3 is 1.33 bits per heavy atom. The molecule has 2 aliphatic carbocycles. The Kier molecular flexibility index (Phi) is 17.4. The summed E-state index contributed by atoms with van der Waals surface area (Å²) in [5.41, 5.74) is 8.71. The molecule has 6 aliphatic rings. The van der Waals surface area contributed by atoms with Gasteiger partial charge in [-0.15, -0.1) is 0 Å². The molecule has 0 radical (unpaired) electrons. The van der Waals surface area contributed by atoms with E-state index >= 15 is 14.4 Å². The molecule has 4 saturated heterocycles. The predicted molar refractivity (Wildman–Crippen MR) is 307 cm³/mol. The van der Waals surface area contributed by atoms with Crippen LogP contribution in [0.3, 0.4) is 0 Å². The quantitative estimate of drug-likeness (QED) is 0.0944. The van der Waals surface area contributed by atoms with Crippen LogP contribution >= 0.6 is 0 Å². The minimum atomic E-state index is -1.13. The van der Waals surface area contributed by atoms with Crippen LogP contribution in [0.2, 0.25) is 0 Å². The highest BCUT2D eigenvalue weighted by Crippen LogP contribution is 2.59. The van der Waals surface area contributed by atoms with E-state index in [9.17, 15) is 0 Å². The second-order valence-electron chi connectivity index (χ2n) is 23.0. The summed E-state index contributed by atoms with van der Waals surface area (Å²) < 4.78 is 11.7. The Morgan fingerprint density at radius 2 is 0.947 bits per heavy atom. The second kappa shape index (κ2) is 24.5. The van der Waals surface area contributed by atoms with Crippen LogP contribution in [0.25, 0.3) is 11.1 Å². The lowest BCUT2D eigenvalue weighted by molar-refractivity contribution is -0.141. The summed E-state index contributed by atoms with van der Waals surface area (Å²) >= 11 is 0. The number of carbonyl (C=O) groups excluding carboxylic acids is 3. The molecule has 9 heteroatoms. The van der Waals surface area contributed by atoms with Gasteiger partial charge in [0.25, 0.3) is 0 Å². The number of hydrogen-bond acceptors (Lipinski definition) is 9. The molecule has 4 heterocycles. The molecular formula is C67H82N4O5. The zero-order valence-corrected chi connectivity index (χ0v) is 45.8. The molecule has 400 valence electrons. The van der Waals surface area contributed by atoms with Gasteiger partial charge in [0.05, 0.1) is 37.3 Å². The van der Waals surface area contributed by atoms with Gasteiger partial charge in [-0.1, -0.05) is 121 Å². The van der Waals surface area contributed by atoms with Crippen molar-refractivity contribution >= 4 is 28.5 Å². The number of hydrogen-bond donors (Lipinski definition) is 2. The second-order valence-corrected chi connectivity index (χ2v) is 23.0. The molecule has 4 aliphatic heterocycles. The Bertz CT molecular complexity index is 2640. The van der Waals surface area contributed by atoms with Crippen LogP contribution in [-0.2, 0) is 14.3 Å². The molecule has 0 saturated carbocycles. The van der Waals surface area contributed by atoms with E-state index in [1.165, 1.54) is 0 Å². The smallest absolute Gasteiger partial charge is 0.193 e. The monoisotopic (exact) mass is 1020 g/mol. The van der Waals surface area contributed by atoms with Crippen molar-refractivity contribution in [3.8, 4) is 0 Å². The number of ether oxygens (including phenoxy) is 2. The van der Waals surface area contributed by atoms with Crippen molar-refractivity contribution in [3.05, 3.63) is 177 Å². The number of ketones is 3. The van der Waals surface area contributed by atoms with Crippen LogP contribution in [0.1, 0.15) is 105 Å². The van der Waals surface area contributed by atoms with Gasteiger partial charge in [0.15, 0.2) is 17.3 Å². The van der Waals surface area contributed by atoms with Gasteiger partial charge in [0.2, 0.25) is 0 Å². The third-order valence-electron chi connectivity index (χ3n) is 18.5. The van der Waals surface area contributed by atoms with E-state index in [1.807, 2.05) is 60.7 Å². The van der Waals surface area contributed by atoms with Crippen LogP contribution in [0, 0.1) is 62.2 Å². The number of carbonyl (C=O) groups is 3. The van der Waals surface area contributed by atoms with E-state index in [2.05, 4.69) is 109 Å². The van der Waals surface area contributed by atoms with Gasteiger partial charge in [0, 0.05) is 48.5 Å². The van der Waals surface area contributed by atoms with Gasteiger partial charge in [-0.05, 0) is 187 Å². The lowest BCUT2D eigenvalue weighted by Crippen LogP contribution is -2.56. The molecule has 76 heavy (non-hydrogen) atoms. The normalized spacial score (nSPS) is 26.7. The summed E-state index contributed by atoms with van der Waals surface area (Å²) in [6.07, 6.45) is 15.9. The average molecular weight is 1020 g/mol. The van der Waals surface area contributed by atoms with Gasteiger partial charge in [0.1, 0.15) is 0 Å². The minimum absolute atomic E-state index is 0.0658. The van der Waals surface area contributed by atoms with Crippen molar-refractivity contribution in [1.82, 2.24) is 20.4 Å². The fourth-order valence-corrected chi connectivity index (χ4v) is 14.0. The Balaban J connectivity index is 1.26. The van der Waals surface area contributed by atoms with E-state index in [-0.39, 0.29) is 41.0 Å². The summed E-state index contributed by atoms with van der Waals surface area (Å²) in [6, 6.07) is 32.3. The summed E-state index contributed by atoms with van der Waals surface area (Å²) in [5, 5.41) is 7.61. The Morgan fingerprint density at radius 1 is 0.539 bits per heavy atom. The maximum absolute atomic E-state index is 18.3. The molecule has 9 nitrogen and oxygen atoms in total. The predicted octanol–water partition coefficient (Wildman–Crippen LogP) is 11.0. The molecular weight excluding hydrogens is 941 g/mol. The Hall–Kier alpha value is -5.39. The molecule has 4 fully saturated rings. The first-order chi connectivity index (χ1) is 37.1. The average Bonchev–Trinajstić information content (AvgIpc) is 3.61. The van der Waals surface area contributed by atoms with Crippen molar-refractivity contribution < 1.29 is 23.9 Å². The molecule has 4 aromatic carbocycles. The van der Waals surface area contributed by atoms with E-state index in [0.717, 1.165) is 148 Å². The zero-order valence-electron chi connectivity index (χ0n) is 45.8.